The van der Waals surface area contributed by atoms with Crippen molar-refractivity contribution in [1.29, 1.82) is 0 Å². The quantitative estimate of drug-likeness (QED) is 0.572. The van der Waals surface area contributed by atoms with Crippen LogP contribution in [0.2, 0.25) is 0 Å². The van der Waals surface area contributed by atoms with Gasteiger partial charge in [-0.1, -0.05) is 36.4 Å². The zero-order valence-corrected chi connectivity index (χ0v) is 17.7. The summed E-state index contributed by atoms with van der Waals surface area (Å²) < 4.78 is 0. The van der Waals surface area contributed by atoms with Crippen molar-refractivity contribution in [2.24, 2.45) is 0 Å². The number of anilines is 1. The zero-order valence-electron chi connectivity index (χ0n) is 17.7. The Morgan fingerprint density at radius 1 is 0.968 bits per heavy atom. The highest BCUT2D eigenvalue weighted by Gasteiger charge is 2.17. The first-order chi connectivity index (χ1) is 14.8. The standard InChI is InChI=1S/C25H24N2O4/c1-4-27(3)24(29)20-11-12-21(25(30)31)22(15-20)26-23(28)13-16(2)18-10-9-17-7-5-6-8-19(17)14-18/h5-15H,4H2,1-3H3,(H,26,28)(H,30,31)/b16-13-. The van der Waals surface area contributed by atoms with Crippen LogP contribution in [0.15, 0.2) is 66.7 Å². The Labute approximate surface area is 180 Å². The summed E-state index contributed by atoms with van der Waals surface area (Å²) >= 11 is 0. The maximum absolute atomic E-state index is 12.6. The van der Waals surface area contributed by atoms with Crippen LogP contribution in [0, 0.1) is 0 Å². The molecule has 0 atom stereocenters. The van der Waals surface area contributed by atoms with Gasteiger partial charge in [0.2, 0.25) is 5.91 Å². The number of amides is 2. The molecule has 3 rings (SSSR count). The number of nitrogens with zero attached hydrogens (tertiary/aromatic N) is 1. The van der Waals surface area contributed by atoms with Crippen LogP contribution in [0.25, 0.3) is 16.3 Å². The Bertz CT molecular complexity index is 1200. The third-order valence-electron chi connectivity index (χ3n) is 5.13. The second-order valence-electron chi connectivity index (χ2n) is 7.26. The molecule has 0 radical (unpaired) electrons. The van der Waals surface area contributed by atoms with Crippen LogP contribution in [-0.2, 0) is 4.79 Å². The number of hydrogen-bond acceptors (Lipinski definition) is 3. The first kappa shape index (κ1) is 21.8. The van der Waals surface area contributed by atoms with Gasteiger partial charge in [0.1, 0.15) is 0 Å². The van der Waals surface area contributed by atoms with Crippen molar-refractivity contribution >= 4 is 39.8 Å². The molecule has 0 saturated heterocycles. The Balaban J connectivity index is 1.88. The lowest BCUT2D eigenvalue weighted by molar-refractivity contribution is -0.111. The summed E-state index contributed by atoms with van der Waals surface area (Å²) in [6.45, 7) is 4.17. The minimum atomic E-state index is -1.19. The van der Waals surface area contributed by atoms with Gasteiger partial charge in [0, 0.05) is 25.2 Å². The molecule has 158 valence electrons. The number of allylic oxidation sites excluding steroid dienone is 1. The second kappa shape index (κ2) is 9.26. The molecule has 0 aliphatic carbocycles. The molecule has 0 bridgehead atoms. The molecule has 0 aliphatic heterocycles. The van der Waals surface area contributed by atoms with Crippen LogP contribution in [0.4, 0.5) is 5.69 Å². The summed E-state index contributed by atoms with van der Waals surface area (Å²) in [6.07, 6.45) is 1.42. The lowest BCUT2D eigenvalue weighted by Crippen LogP contribution is -2.26. The number of carboxylic acid groups (broad SMARTS) is 1. The molecule has 3 aromatic rings. The molecule has 31 heavy (non-hydrogen) atoms. The third kappa shape index (κ3) is 4.98. The van der Waals surface area contributed by atoms with E-state index in [0.29, 0.717) is 12.1 Å². The van der Waals surface area contributed by atoms with Gasteiger partial charge in [-0.25, -0.2) is 4.79 Å². The van der Waals surface area contributed by atoms with E-state index in [4.69, 9.17) is 0 Å². The first-order valence-electron chi connectivity index (χ1n) is 9.91. The van der Waals surface area contributed by atoms with Crippen molar-refractivity contribution in [3.63, 3.8) is 0 Å². The van der Waals surface area contributed by atoms with Gasteiger partial charge in [-0.05, 0) is 60.0 Å². The molecule has 6 nitrogen and oxygen atoms in total. The molecule has 0 unspecified atom stereocenters. The van der Waals surface area contributed by atoms with E-state index in [1.54, 1.807) is 7.05 Å². The maximum Gasteiger partial charge on any atom is 0.337 e. The van der Waals surface area contributed by atoms with E-state index < -0.39 is 11.9 Å². The van der Waals surface area contributed by atoms with Crippen LogP contribution in [0.3, 0.4) is 0 Å². The zero-order chi connectivity index (χ0) is 22.5. The van der Waals surface area contributed by atoms with Crippen molar-refractivity contribution in [1.82, 2.24) is 4.90 Å². The molecule has 6 heteroatoms. The van der Waals surface area contributed by atoms with Crippen LogP contribution >= 0.6 is 0 Å². The SMILES string of the molecule is CCN(C)C(=O)c1ccc(C(=O)O)c(NC(=O)/C=C(/C)c2ccc3ccccc3c2)c1. The fourth-order valence-corrected chi connectivity index (χ4v) is 3.21. The number of benzene rings is 3. The maximum atomic E-state index is 12.6. The first-order valence-corrected chi connectivity index (χ1v) is 9.91. The van der Waals surface area contributed by atoms with Crippen molar-refractivity contribution < 1.29 is 19.5 Å². The molecule has 0 heterocycles. The molecule has 0 spiro atoms. The van der Waals surface area contributed by atoms with Gasteiger partial charge in [0.05, 0.1) is 11.3 Å². The number of aromatic carboxylic acids is 1. The van der Waals surface area contributed by atoms with E-state index in [1.807, 2.05) is 56.3 Å². The summed E-state index contributed by atoms with van der Waals surface area (Å²) in [4.78, 5) is 38.1. The van der Waals surface area contributed by atoms with Crippen molar-refractivity contribution in [2.75, 3.05) is 18.9 Å². The highest BCUT2D eigenvalue weighted by molar-refractivity contribution is 6.08. The highest BCUT2D eigenvalue weighted by atomic mass is 16.4. The van der Waals surface area contributed by atoms with Crippen molar-refractivity contribution in [3.05, 3.63) is 83.4 Å². The van der Waals surface area contributed by atoms with Gasteiger partial charge in [-0.3, -0.25) is 9.59 Å². The number of fused-ring (bicyclic) bond motifs is 1. The van der Waals surface area contributed by atoms with E-state index in [0.717, 1.165) is 21.9 Å². The van der Waals surface area contributed by atoms with Gasteiger partial charge in [-0.2, -0.15) is 0 Å². The molecule has 0 fully saturated rings. The van der Waals surface area contributed by atoms with E-state index in [9.17, 15) is 19.5 Å². The van der Waals surface area contributed by atoms with Crippen LogP contribution in [0.1, 0.15) is 40.1 Å². The van der Waals surface area contributed by atoms with Gasteiger partial charge in [0.25, 0.3) is 5.91 Å². The Morgan fingerprint density at radius 3 is 2.32 bits per heavy atom. The van der Waals surface area contributed by atoms with Crippen LogP contribution in [0.5, 0.6) is 0 Å². The summed E-state index contributed by atoms with van der Waals surface area (Å²) in [7, 11) is 1.65. The summed E-state index contributed by atoms with van der Waals surface area (Å²) in [5.74, 6) is -1.91. The van der Waals surface area contributed by atoms with Crippen molar-refractivity contribution in [2.45, 2.75) is 13.8 Å². The van der Waals surface area contributed by atoms with Gasteiger partial charge in [0.15, 0.2) is 0 Å². The van der Waals surface area contributed by atoms with Crippen molar-refractivity contribution in [3.8, 4) is 0 Å². The topological polar surface area (TPSA) is 86.7 Å². The molecule has 2 N–H and O–H groups in total. The predicted molar refractivity (Wildman–Crippen MR) is 122 cm³/mol. The van der Waals surface area contributed by atoms with Gasteiger partial charge in [-0.15, -0.1) is 0 Å². The number of carbonyl (C=O) groups excluding carboxylic acids is 2. The van der Waals surface area contributed by atoms with Crippen LogP contribution in [-0.4, -0.2) is 41.4 Å². The van der Waals surface area contributed by atoms with E-state index in [2.05, 4.69) is 5.32 Å². The monoisotopic (exact) mass is 416 g/mol. The van der Waals surface area contributed by atoms with E-state index in [1.165, 1.54) is 29.2 Å². The lowest BCUT2D eigenvalue weighted by Gasteiger charge is -2.16. The average molecular weight is 416 g/mol. The Hall–Kier alpha value is -3.93. The minimum Gasteiger partial charge on any atom is -0.478 e. The fourth-order valence-electron chi connectivity index (χ4n) is 3.21. The number of hydrogen-bond donors (Lipinski definition) is 2. The predicted octanol–water partition coefficient (Wildman–Crippen LogP) is 4.67. The number of nitrogens with one attached hydrogen (secondary N) is 1. The van der Waals surface area contributed by atoms with E-state index >= 15 is 0 Å². The molecule has 0 saturated carbocycles. The smallest absolute Gasteiger partial charge is 0.337 e. The summed E-state index contributed by atoms with van der Waals surface area (Å²) in [5, 5.41) is 14.2. The average Bonchev–Trinajstić information content (AvgIpc) is 2.77. The number of rotatable bonds is 6. The van der Waals surface area contributed by atoms with Gasteiger partial charge >= 0.3 is 5.97 Å². The summed E-state index contributed by atoms with van der Waals surface area (Å²) in [5.41, 5.74) is 1.93. The minimum absolute atomic E-state index is 0.0791. The van der Waals surface area contributed by atoms with Gasteiger partial charge < -0.3 is 15.3 Å². The number of carboxylic acids is 1. The second-order valence-corrected chi connectivity index (χ2v) is 7.26. The summed E-state index contributed by atoms with van der Waals surface area (Å²) in [6, 6.07) is 18.0. The lowest BCUT2D eigenvalue weighted by atomic mass is 10.0. The van der Waals surface area contributed by atoms with Crippen LogP contribution < -0.4 is 5.32 Å². The Morgan fingerprint density at radius 2 is 1.65 bits per heavy atom. The largest absolute Gasteiger partial charge is 0.478 e. The molecular weight excluding hydrogens is 392 g/mol. The molecule has 3 aromatic carbocycles. The fraction of sp³-hybridized carbons (Fsp3) is 0.160. The normalized spacial score (nSPS) is 11.3. The Kier molecular flexibility index (Phi) is 6.50. The molecular formula is C25H24N2O4. The molecule has 0 aliphatic rings. The molecule has 0 aromatic heterocycles. The molecule has 2 amide bonds. The number of carbonyl (C=O) groups is 3. The highest BCUT2D eigenvalue weighted by Crippen LogP contribution is 2.22. The third-order valence-corrected chi connectivity index (χ3v) is 5.13. The van der Waals surface area contributed by atoms with E-state index in [-0.39, 0.29) is 17.2 Å².